The number of hydrogen-bond donors (Lipinski definition) is 2. The third kappa shape index (κ3) is 4.53. The van der Waals surface area contributed by atoms with Crippen LogP contribution in [0.3, 0.4) is 0 Å². The Morgan fingerprint density at radius 2 is 2.12 bits per heavy atom. The number of nitrogens with zero attached hydrogens (tertiary/aromatic N) is 2. The lowest BCUT2D eigenvalue weighted by atomic mass is 10.1. The molecule has 0 radical (unpaired) electrons. The van der Waals surface area contributed by atoms with Crippen molar-refractivity contribution in [3.63, 3.8) is 0 Å². The van der Waals surface area contributed by atoms with Gasteiger partial charge in [-0.1, -0.05) is 0 Å². The van der Waals surface area contributed by atoms with Gasteiger partial charge in [0.15, 0.2) is 5.76 Å². The van der Waals surface area contributed by atoms with Crippen molar-refractivity contribution >= 4 is 23.5 Å². The summed E-state index contributed by atoms with van der Waals surface area (Å²) in [5, 5.41) is 6.08. The predicted octanol–water partition coefficient (Wildman–Crippen LogP) is 2.96. The molecule has 3 rings (SSSR count). The number of rotatable bonds is 5. The molecule has 0 spiro atoms. The third-order valence-corrected chi connectivity index (χ3v) is 4.14. The number of anilines is 2. The summed E-state index contributed by atoms with van der Waals surface area (Å²) >= 11 is 0. The Bertz CT molecular complexity index is 722. The van der Waals surface area contributed by atoms with Crippen molar-refractivity contribution < 1.29 is 18.7 Å². The molecule has 1 fully saturated rings. The highest BCUT2D eigenvalue weighted by atomic mass is 16.6. The summed E-state index contributed by atoms with van der Waals surface area (Å²) in [5.41, 5.74) is 0.592. The van der Waals surface area contributed by atoms with Crippen LogP contribution in [0.25, 0.3) is 0 Å². The van der Waals surface area contributed by atoms with Gasteiger partial charge in [0.05, 0.1) is 24.8 Å². The van der Waals surface area contributed by atoms with E-state index in [4.69, 9.17) is 9.15 Å². The Labute approximate surface area is 151 Å². The smallest absolute Gasteiger partial charge is 0.409 e. The van der Waals surface area contributed by atoms with Crippen LogP contribution in [0.5, 0.6) is 0 Å². The first-order chi connectivity index (χ1) is 12.7. The first-order valence-electron chi connectivity index (χ1n) is 8.65. The van der Waals surface area contributed by atoms with E-state index >= 15 is 0 Å². The van der Waals surface area contributed by atoms with E-state index in [-0.39, 0.29) is 23.8 Å². The van der Waals surface area contributed by atoms with Gasteiger partial charge in [-0.05, 0) is 44.0 Å². The van der Waals surface area contributed by atoms with Gasteiger partial charge in [-0.2, -0.15) is 0 Å². The molecule has 0 bridgehead atoms. The minimum absolute atomic E-state index is 0.247. The monoisotopic (exact) mass is 358 g/mol. The van der Waals surface area contributed by atoms with Gasteiger partial charge in [0.2, 0.25) is 0 Å². The zero-order chi connectivity index (χ0) is 18.4. The fourth-order valence-corrected chi connectivity index (χ4v) is 2.78. The van der Waals surface area contributed by atoms with Gasteiger partial charge in [-0.25, -0.2) is 9.78 Å². The number of nitrogens with one attached hydrogen (secondary N) is 2. The van der Waals surface area contributed by atoms with Gasteiger partial charge in [0.25, 0.3) is 5.91 Å². The molecule has 1 saturated heterocycles. The first-order valence-corrected chi connectivity index (χ1v) is 8.65. The van der Waals surface area contributed by atoms with Crippen LogP contribution in [-0.4, -0.2) is 47.6 Å². The van der Waals surface area contributed by atoms with Crippen LogP contribution in [0.2, 0.25) is 0 Å². The first kappa shape index (κ1) is 17.8. The number of aromatic nitrogens is 1. The van der Waals surface area contributed by atoms with E-state index in [1.54, 1.807) is 36.2 Å². The van der Waals surface area contributed by atoms with Gasteiger partial charge in [0, 0.05) is 19.1 Å². The molecule has 26 heavy (non-hydrogen) atoms. The molecule has 0 atom stereocenters. The van der Waals surface area contributed by atoms with E-state index in [9.17, 15) is 9.59 Å². The highest BCUT2D eigenvalue weighted by Crippen LogP contribution is 2.17. The number of likely N-dealkylation sites (tertiary alicyclic amines) is 1. The molecular formula is C18H22N4O4. The van der Waals surface area contributed by atoms with Crippen LogP contribution in [0.15, 0.2) is 41.1 Å². The molecule has 2 amide bonds. The fraction of sp³-hybridized carbons (Fsp3) is 0.389. The SMILES string of the molecule is CCOC(=O)N1CCC(Nc2ccc(NC(=O)c3ccco3)cn2)CC1. The molecule has 8 heteroatoms. The van der Waals surface area contributed by atoms with Crippen LogP contribution >= 0.6 is 0 Å². The maximum atomic E-state index is 11.9. The molecule has 138 valence electrons. The van der Waals surface area contributed by atoms with E-state index in [2.05, 4.69) is 15.6 Å². The van der Waals surface area contributed by atoms with Crippen molar-refractivity contribution in [2.75, 3.05) is 30.3 Å². The maximum absolute atomic E-state index is 11.9. The highest BCUT2D eigenvalue weighted by molar-refractivity contribution is 6.02. The maximum Gasteiger partial charge on any atom is 0.409 e. The second-order valence-corrected chi connectivity index (χ2v) is 5.97. The topological polar surface area (TPSA) is 96.7 Å². The van der Waals surface area contributed by atoms with E-state index in [0.29, 0.717) is 25.4 Å². The van der Waals surface area contributed by atoms with E-state index in [0.717, 1.165) is 18.7 Å². The lowest BCUT2D eigenvalue weighted by molar-refractivity contribution is 0.0979. The molecule has 3 heterocycles. The number of piperidine rings is 1. The third-order valence-electron chi connectivity index (χ3n) is 4.14. The van der Waals surface area contributed by atoms with Crippen LogP contribution in [0.4, 0.5) is 16.3 Å². The fourth-order valence-electron chi connectivity index (χ4n) is 2.78. The molecule has 0 aromatic carbocycles. The van der Waals surface area contributed by atoms with Crippen molar-refractivity contribution in [1.82, 2.24) is 9.88 Å². The summed E-state index contributed by atoms with van der Waals surface area (Å²) in [7, 11) is 0. The number of furan rings is 1. The molecule has 0 saturated carbocycles. The molecule has 2 aromatic heterocycles. The van der Waals surface area contributed by atoms with Crippen molar-refractivity contribution in [1.29, 1.82) is 0 Å². The normalized spacial score (nSPS) is 14.7. The van der Waals surface area contributed by atoms with Crippen LogP contribution in [0, 0.1) is 0 Å². The summed E-state index contributed by atoms with van der Waals surface area (Å²) in [6.07, 6.45) is 4.46. The Balaban J connectivity index is 1.48. The summed E-state index contributed by atoms with van der Waals surface area (Å²) in [6, 6.07) is 7.10. The summed E-state index contributed by atoms with van der Waals surface area (Å²) in [5.74, 6) is 0.667. The van der Waals surface area contributed by atoms with Gasteiger partial charge in [0.1, 0.15) is 5.82 Å². The predicted molar refractivity (Wildman–Crippen MR) is 96.1 cm³/mol. The number of carbonyl (C=O) groups is 2. The highest BCUT2D eigenvalue weighted by Gasteiger charge is 2.23. The van der Waals surface area contributed by atoms with Crippen LogP contribution < -0.4 is 10.6 Å². The van der Waals surface area contributed by atoms with Crippen LogP contribution in [-0.2, 0) is 4.74 Å². The van der Waals surface area contributed by atoms with Crippen LogP contribution in [0.1, 0.15) is 30.3 Å². The minimum atomic E-state index is -0.316. The molecule has 8 nitrogen and oxygen atoms in total. The lowest BCUT2D eigenvalue weighted by Crippen LogP contribution is -2.42. The van der Waals surface area contributed by atoms with Gasteiger partial charge in [-0.15, -0.1) is 0 Å². The van der Waals surface area contributed by atoms with Gasteiger partial charge < -0.3 is 24.7 Å². The zero-order valence-corrected chi connectivity index (χ0v) is 14.6. The Kier molecular flexibility index (Phi) is 5.73. The second kappa shape index (κ2) is 8.37. The van der Waals surface area contributed by atoms with Crippen molar-refractivity contribution in [2.24, 2.45) is 0 Å². The standard InChI is InChI=1S/C18H22N4O4/c1-2-25-18(24)22-9-7-13(8-10-22)20-16-6-5-14(12-19-16)21-17(23)15-4-3-11-26-15/h3-6,11-13H,2,7-10H2,1H3,(H,19,20)(H,21,23). The van der Waals surface area contributed by atoms with Gasteiger partial charge >= 0.3 is 6.09 Å². The number of amides is 2. The quantitative estimate of drug-likeness (QED) is 0.853. The van der Waals surface area contributed by atoms with Gasteiger partial charge in [-0.3, -0.25) is 4.79 Å². The summed E-state index contributed by atoms with van der Waals surface area (Å²) in [4.78, 5) is 29.7. The summed E-state index contributed by atoms with van der Waals surface area (Å²) < 4.78 is 10.1. The Morgan fingerprint density at radius 1 is 1.31 bits per heavy atom. The summed E-state index contributed by atoms with van der Waals surface area (Å²) in [6.45, 7) is 3.52. The molecule has 1 aliphatic rings. The van der Waals surface area contributed by atoms with Crippen molar-refractivity contribution in [3.05, 3.63) is 42.5 Å². The zero-order valence-electron chi connectivity index (χ0n) is 14.6. The minimum Gasteiger partial charge on any atom is -0.459 e. The Morgan fingerprint density at radius 3 is 2.73 bits per heavy atom. The molecule has 0 aliphatic carbocycles. The largest absolute Gasteiger partial charge is 0.459 e. The molecule has 1 aliphatic heterocycles. The molecule has 2 aromatic rings. The molecule has 2 N–H and O–H groups in total. The molecular weight excluding hydrogens is 336 g/mol. The second-order valence-electron chi connectivity index (χ2n) is 5.97. The Hall–Kier alpha value is -3.03. The average molecular weight is 358 g/mol. The van der Waals surface area contributed by atoms with E-state index in [1.165, 1.54) is 6.26 Å². The number of carbonyl (C=O) groups excluding carboxylic acids is 2. The van der Waals surface area contributed by atoms with Crippen molar-refractivity contribution in [3.8, 4) is 0 Å². The van der Waals surface area contributed by atoms with E-state index in [1.807, 2.05) is 6.07 Å². The lowest BCUT2D eigenvalue weighted by Gasteiger charge is -2.31. The van der Waals surface area contributed by atoms with E-state index < -0.39 is 0 Å². The average Bonchev–Trinajstić information content (AvgIpc) is 3.19. The number of pyridine rings is 1. The van der Waals surface area contributed by atoms with Crippen molar-refractivity contribution in [2.45, 2.75) is 25.8 Å². The molecule has 0 unspecified atom stereocenters. The number of hydrogen-bond acceptors (Lipinski definition) is 6. The number of ether oxygens (including phenoxy) is 1.